The molecule has 1 amide bonds. The van der Waals surface area contributed by atoms with Crippen molar-refractivity contribution in [2.75, 3.05) is 13.1 Å². The lowest BCUT2D eigenvalue weighted by Gasteiger charge is -2.16. The fourth-order valence-corrected chi connectivity index (χ4v) is 2.44. The molecule has 0 aromatic heterocycles. The van der Waals surface area contributed by atoms with E-state index >= 15 is 0 Å². The second-order valence-electron chi connectivity index (χ2n) is 5.11. The number of aryl methyl sites for hydroxylation is 1. The number of nitro groups is 1. The van der Waals surface area contributed by atoms with Gasteiger partial charge in [0.05, 0.1) is 4.92 Å². The Kier molecular flexibility index (Phi) is 4.68. The van der Waals surface area contributed by atoms with Gasteiger partial charge in [0, 0.05) is 23.7 Å². The Labute approximate surface area is 117 Å². The van der Waals surface area contributed by atoms with Gasteiger partial charge in [-0.2, -0.15) is 0 Å². The first-order valence-electron chi connectivity index (χ1n) is 6.84. The molecular formula is C14H19N3O3. The number of benzene rings is 1. The summed E-state index contributed by atoms with van der Waals surface area (Å²) >= 11 is 0. The highest BCUT2D eigenvalue weighted by molar-refractivity contribution is 5.96. The molecule has 0 bridgehead atoms. The van der Waals surface area contributed by atoms with E-state index in [1.54, 1.807) is 6.92 Å². The van der Waals surface area contributed by atoms with E-state index in [0.29, 0.717) is 11.1 Å². The van der Waals surface area contributed by atoms with Crippen molar-refractivity contribution in [1.29, 1.82) is 0 Å². The minimum atomic E-state index is -0.453. The molecule has 1 fully saturated rings. The van der Waals surface area contributed by atoms with Gasteiger partial charge in [0.2, 0.25) is 0 Å². The minimum Gasteiger partial charge on any atom is -0.349 e. The smallest absolute Gasteiger partial charge is 0.269 e. The van der Waals surface area contributed by atoms with Crippen molar-refractivity contribution < 1.29 is 9.72 Å². The largest absolute Gasteiger partial charge is 0.349 e. The highest BCUT2D eigenvalue weighted by Gasteiger charge is 2.18. The number of hydrogen-bond donors (Lipinski definition) is 2. The molecule has 0 radical (unpaired) electrons. The summed E-state index contributed by atoms with van der Waals surface area (Å²) in [5, 5.41) is 17.0. The van der Waals surface area contributed by atoms with E-state index in [2.05, 4.69) is 10.6 Å². The normalized spacial score (nSPS) is 19.1. The average Bonchev–Trinajstić information content (AvgIpc) is 2.67. The number of nitro benzene ring substituents is 1. The highest BCUT2D eigenvalue weighted by Crippen LogP contribution is 2.17. The van der Waals surface area contributed by atoms with E-state index < -0.39 is 4.92 Å². The van der Waals surface area contributed by atoms with Gasteiger partial charge in [-0.3, -0.25) is 14.9 Å². The number of nitrogens with one attached hydrogen (secondary N) is 2. The van der Waals surface area contributed by atoms with E-state index in [4.69, 9.17) is 0 Å². The molecular weight excluding hydrogens is 258 g/mol. The monoisotopic (exact) mass is 277 g/mol. The van der Waals surface area contributed by atoms with Crippen molar-refractivity contribution in [2.24, 2.45) is 0 Å². The molecule has 1 heterocycles. The summed E-state index contributed by atoms with van der Waals surface area (Å²) in [6.45, 7) is 3.61. The molecule has 0 aliphatic carbocycles. The summed E-state index contributed by atoms with van der Waals surface area (Å²) in [7, 11) is 0. The van der Waals surface area contributed by atoms with Crippen LogP contribution in [0.4, 0.5) is 5.69 Å². The number of rotatable bonds is 3. The molecule has 1 aromatic carbocycles. The SMILES string of the molecule is Cc1cc([N+](=O)[O-])ccc1C(=O)NC1CCCNCC1. The molecule has 1 aromatic rings. The molecule has 2 rings (SSSR count). The Balaban J connectivity index is 2.06. The van der Waals surface area contributed by atoms with Gasteiger partial charge in [0.15, 0.2) is 0 Å². The molecule has 0 spiro atoms. The zero-order valence-corrected chi connectivity index (χ0v) is 11.5. The van der Waals surface area contributed by atoms with E-state index in [0.717, 1.165) is 32.4 Å². The van der Waals surface area contributed by atoms with Crippen molar-refractivity contribution in [3.8, 4) is 0 Å². The maximum Gasteiger partial charge on any atom is 0.269 e. The van der Waals surface area contributed by atoms with Gasteiger partial charge in [0.25, 0.3) is 11.6 Å². The second-order valence-corrected chi connectivity index (χ2v) is 5.11. The van der Waals surface area contributed by atoms with Gasteiger partial charge in [0.1, 0.15) is 0 Å². The topological polar surface area (TPSA) is 84.3 Å². The number of carbonyl (C=O) groups is 1. The lowest BCUT2D eigenvalue weighted by atomic mass is 10.1. The Morgan fingerprint density at radius 1 is 1.40 bits per heavy atom. The van der Waals surface area contributed by atoms with Crippen LogP contribution in [0.5, 0.6) is 0 Å². The van der Waals surface area contributed by atoms with Gasteiger partial charge in [-0.1, -0.05) is 0 Å². The Morgan fingerprint density at radius 3 is 2.90 bits per heavy atom. The quantitative estimate of drug-likeness (QED) is 0.651. The summed E-state index contributed by atoms with van der Waals surface area (Å²) in [6.07, 6.45) is 2.92. The first-order chi connectivity index (χ1) is 9.58. The maximum atomic E-state index is 12.2. The molecule has 1 aliphatic rings. The minimum absolute atomic E-state index is 0.0118. The van der Waals surface area contributed by atoms with Crippen molar-refractivity contribution in [3.63, 3.8) is 0 Å². The van der Waals surface area contributed by atoms with Crippen molar-refractivity contribution in [3.05, 3.63) is 39.4 Å². The van der Waals surface area contributed by atoms with Crippen LogP contribution in [0.15, 0.2) is 18.2 Å². The van der Waals surface area contributed by atoms with E-state index in [1.807, 2.05) is 0 Å². The second kappa shape index (κ2) is 6.47. The van der Waals surface area contributed by atoms with Crippen LogP contribution in [0.2, 0.25) is 0 Å². The molecule has 2 N–H and O–H groups in total. The average molecular weight is 277 g/mol. The predicted octanol–water partition coefficient (Wildman–Crippen LogP) is 1.78. The molecule has 1 atom stereocenters. The van der Waals surface area contributed by atoms with Gasteiger partial charge >= 0.3 is 0 Å². The molecule has 20 heavy (non-hydrogen) atoms. The van der Waals surface area contributed by atoms with Gasteiger partial charge < -0.3 is 10.6 Å². The number of hydrogen-bond acceptors (Lipinski definition) is 4. The molecule has 0 saturated carbocycles. The zero-order valence-electron chi connectivity index (χ0n) is 11.5. The predicted molar refractivity (Wildman–Crippen MR) is 75.8 cm³/mol. The summed E-state index contributed by atoms with van der Waals surface area (Å²) in [5.41, 5.74) is 1.15. The van der Waals surface area contributed by atoms with Gasteiger partial charge in [-0.15, -0.1) is 0 Å². The molecule has 1 unspecified atom stereocenters. The van der Waals surface area contributed by atoms with Gasteiger partial charge in [-0.25, -0.2) is 0 Å². The third kappa shape index (κ3) is 3.54. The summed E-state index contributed by atoms with van der Waals surface area (Å²) < 4.78 is 0. The number of carbonyl (C=O) groups excluding carboxylic acids is 1. The summed E-state index contributed by atoms with van der Waals surface area (Å²) in [4.78, 5) is 22.5. The molecule has 1 saturated heterocycles. The number of non-ortho nitro benzene ring substituents is 1. The van der Waals surface area contributed by atoms with Crippen LogP contribution < -0.4 is 10.6 Å². The lowest BCUT2D eigenvalue weighted by molar-refractivity contribution is -0.384. The van der Waals surface area contributed by atoms with E-state index in [1.165, 1.54) is 18.2 Å². The summed E-state index contributed by atoms with van der Waals surface area (Å²) in [6, 6.07) is 4.50. The van der Waals surface area contributed by atoms with Crippen LogP contribution in [-0.4, -0.2) is 30.0 Å². The van der Waals surface area contributed by atoms with Crippen molar-refractivity contribution in [1.82, 2.24) is 10.6 Å². The maximum absolute atomic E-state index is 12.2. The Hall–Kier alpha value is -1.95. The third-order valence-corrected chi connectivity index (χ3v) is 3.58. The van der Waals surface area contributed by atoms with E-state index in [-0.39, 0.29) is 17.6 Å². The van der Waals surface area contributed by atoms with Crippen LogP contribution >= 0.6 is 0 Å². The lowest BCUT2D eigenvalue weighted by Crippen LogP contribution is -2.35. The fraction of sp³-hybridized carbons (Fsp3) is 0.500. The third-order valence-electron chi connectivity index (χ3n) is 3.58. The zero-order chi connectivity index (χ0) is 14.5. The van der Waals surface area contributed by atoms with Crippen LogP contribution in [-0.2, 0) is 0 Å². The molecule has 6 heteroatoms. The Bertz CT molecular complexity index is 508. The van der Waals surface area contributed by atoms with Crippen molar-refractivity contribution >= 4 is 11.6 Å². The van der Waals surface area contributed by atoms with Crippen LogP contribution in [0.3, 0.4) is 0 Å². The first-order valence-corrected chi connectivity index (χ1v) is 6.84. The number of nitrogens with zero attached hydrogens (tertiary/aromatic N) is 1. The van der Waals surface area contributed by atoms with E-state index in [9.17, 15) is 14.9 Å². The molecule has 6 nitrogen and oxygen atoms in total. The highest BCUT2D eigenvalue weighted by atomic mass is 16.6. The molecule has 1 aliphatic heterocycles. The fourth-order valence-electron chi connectivity index (χ4n) is 2.44. The van der Waals surface area contributed by atoms with Gasteiger partial charge in [-0.05, 0) is 50.9 Å². The number of amides is 1. The van der Waals surface area contributed by atoms with Crippen LogP contribution in [0.25, 0.3) is 0 Å². The summed E-state index contributed by atoms with van der Waals surface area (Å²) in [5.74, 6) is -0.149. The molecule has 108 valence electrons. The standard InChI is InChI=1S/C14H19N3O3/c1-10-9-12(17(19)20)4-5-13(10)14(18)16-11-3-2-7-15-8-6-11/h4-5,9,11,15H,2-3,6-8H2,1H3,(H,16,18). The van der Waals surface area contributed by atoms with Crippen LogP contribution in [0.1, 0.15) is 35.2 Å². The first kappa shape index (κ1) is 14.5. The van der Waals surface area contributed by atoms with Crippen molar-refractivity contribution in [2.45, 2.75) is 32.2 Å². The Morgan fingerprint density at radius 2 is 2.20 bits per heavy atom. The van der Waals surface area contributed by atoms with Crippen LogP contribution in [0, 0.1) is 17.0 Å².